The zero-order valence-electron chi connectivity index (χ0n) is 8.06. The molecule has 2 atom stereocenters. The molecular weight excluding hydrogens is 132 g/mol. The summed E-state index contributed by atoms with van der Waals surface area (Å²) in [5.41, 5.74) is 1.72. The van der Waals surface area contributed by atoms with Gasteiger partial charge in [0, 0.05) is 0 Å². The van der Waals surface area contributed by atoms with Gasteiger partial charge in [0.2, 0.25) is 0 Å². The van der Waals surface area contributed by atoms with Gasteiger partial charge in [-0.3, -0.25) is 0 Å². The monoisotopic (exact) mass is 152 g/mol. The summed E-state index contributed by atoms with van der Waals surface area (Å²) in [5.74, 6) is 1.83. The number of hydrogen-bond acceptors (Lipinski definition) is 0. The summed E-state index contributed by atoms with van der Waals surface area (Å²) in [4.78, 5) is 0. The summed E-state index contributed by atoms with van der Waals surface area (Å²) in [6.45, 7) is 6.88. The lowest BCUT2D eigenvalue weighted by molar-refractivity contribution is 0.405. The Labute approximate surface area is 70.7 Å². The average Bonchev–Trinajstić information content (AvgIpc) is 2.50. The van der Waals surface area contributed by atoms with E-state index in [1.165, 1.54) is 25.7 Å². The van der Waals surface area contributed by atoms with Crippen LogP contribution in [0.4, 0.5) is 0 Å². The Kier molecular flexibility index (Phi) is 3.16. The van der Waals surface area contributed by atoms with Gasteiger partial charge < -0.3 is 0 Å². The molecule has 1 fully saturated rings. The van der Waals surface area contributed by atoms with E-state index in [9.17, 15) is 0 Å². The topological polar surface area (TPSA) is 0 Å². The van der Waals surface area contributed by atoms with E-state index in [0.717, 1.165) is 11.8 Å². The van der Waals surface area contributed by atoms with Crippen molar-refractivity contribution >= 4 is 0 Å². The Morgan fingerprint density at radius 2 is 2.36 bits per heavy atom. The predicted octanol–water partition coefficient (Wildman–Crippen LogP) is 3.78. The first-order chi connectivity index (χ1) is 5.29. The molecular formula is C11H20. The van der Waals surface area contributed by atoms with Gasteiger partial charge in [0.25, 0.3) is 0 Å². The van der Waals surface area contributed by atoms with E-state index in [-0.39, 0.29) is 0 Å². The molecule has 1 saturated carbocycles. The molecule has 1 aliphatic carbocycles. The highest BCUT2D eigenvalue weighted by molar-refractivity contribution is 5.11. The number of hydrogen-bond donors (Lipinski definition) is 0. The normalized spacial score (nSPS) is 31.2. The molecule has 1 aliphatic rings. The van der Waals surface area contributed by atoms with Gasteiger partial charge in [0.15, 0.2) is 0 Å². The van der Waals surface area contributed by atoms with Crippen LogP contribution < -0.4 is 0 Å². The van der Waals surface area contributed by atoms with Crippen molar-refractivity contribution < 1.29 is 0 Å². The van der Waals surface area contributed by atoms with Gasteiger partial charge in [-0.25, -0.2) is 0 Å². The van der Waals surface area contributed by atoms with Crippen LogP contribution in [0.2, 0.25) is 0 Å². The molecule has 0 aromatic heterocycles. The standard InChI is InChI=1S/C11H20/c1-4-9(3)11-8-6-7-10(11)5-2/h5,9,11H,4,6-8H2,1-3H3/b10-5-. The highest BCUT2D eigenvalue weighted by atomic mass is 14.3. The first-order valence-electron chi connectivity index (χ1n) is 4.94. The van der Waals surface area contributed by atoms with Crippen molar-refractivity contribution in [3.8, 4) is 0 Å². The van der Waals surface area contributed by atoms with Crippen molar-refractivity contribution in [3.63, 3.8) is 0 Å². The van der Waals surface area contributed by atoms with Crippen LogP contribution in [0.15, 0.2) is 11.6 Å². The van der Waals surface area contributed by atoms with Crippen molar-refractivity contribution in [3.05, 3.63) is 11.6 Å². The third-order valence-electron chi connectivity index (χ3n) is 3.16. The second-order valence-corrected chi connectivity index (χ2v) is 3.75. The molecule has 64 valence electrons. The lowest BCUT2D eigenvalue weighted by Crippen LogP contribution is -2.08. The van der Waals surface area contributed by atoms with E-state index in [1.54, 1.807) is 5.57 Å². The first-order valence-corrected chi connectivity index (χ1v) is 4.94. The van der Waals surface area contributed by atoms with E-state index >= 15 is 0 Å². The fourth-order valence-corrected chi connectivity index (χ4v) is 2.19. The average molecular weight is 152 g/mol. The van der Waals surface area contributed by atoms with E-state index in [4.69, 9.17) is 0 Å². The molecule has 0 spiro atoms. The Hall–Kier alpha value is -0.260. The molecule has 0 aliphatic heterocycles. The molecule has 0 saturated heterocycles. The van der Waals surface area contributed by atoms with Crippen LogP contribution in [-0.2, 0) is 0 Å². The summed E-state index contributed by atoms with van der Waals surface area (Å²) in [6.07, 6.45) is 7.90. The summed E-state index contributed by atoms with van der Waals surface area (Å²) < 4.78 is 0. The Morgan fingerprint density at radius 1 is 1.64 bits per heavy atom. The largest absolute Gasteiger partial charge is 0.0882 e. The zero-order chi connectivity index (χ0) is 8.27. The molecule has 0 nitrogen and oxygen atoms in total. The van der Waals surface area contributed by atoms with Gasteiger partial charge >= 0.3 is 0 Å². The Morgan fingerprint density at radius 3 is 2.91 bits per heavy atom. The molecule has 0 heteroatoms. The van der Waals surface area contributed by atoms with Crippen molar-refractivity contribution in [1.82, 2.24) is 0 Å². The lowest BCUT2D eigenvalue weighted by atomic mass is 9.87. The molecule has 11 heavy (non-hydrogen) atoms. The van der Waals surface area contributed by atoms with Crippen LogP contribution in [0.5, 0.6) is 0 Å². The molecule has 0 heterocycles. The SMILES string of the molecule is C/C=C1/CCCC1C(C)CC. The lowest BCUT2D eigenvalue weighted by Gasteiger charge is -2.18. The van der Waals surface area contributed by atoms with Gasteiger partial charge in [0.05, 0.1) is 0 Å². The van der Waals surface area contributed by atoms with Crippen LogP contribution in [0.25, 0.3) is 0 Å². The van der Waals surface area contributed by atoms with Gasteiger partial charge in [-0.1, -0.05) is 31.9 Å². The van der Waals surface area contributed by atoms with Gasteiger partial charge in [-0.15, -0.1) is 0 Å². The fraction of sp³-hybridized carbons (Fsp3) is 0.818. The van der Waals surface area contributed by atoms with Crippen LogP contribution in [0.1, 0.15) is 46.5 Å². The molecule has 0 aromatic rings. The molecule has 1 rings (SSSR count). The number of allylic oxidation sites excluding steroid dienone is 2. The number of rotatable bonds is 2. The predicted molar refractivity (Wildman–Crippen MR) is 50.6 cm³/mol. The maximum absolute atomic E-state index is 2.39. The minimum atomic E-state index is 0.906. The van der Waals surface area contributed by atoms with Gasteiger partial charge in [-0.2, -0.15) is 0 Å². The van der Waals surface area contributed by atoms with Crippen molar-refractivity contribution in [2.75, 3.05) is 0 Å². The Bertz CT molecular complexity index is 144. The molecule has 0 radical (unpaired) electrons. The smallest absolute Gasteiger partial charge is 0.0178 e. The highest BCUT2D eigenvalue weighted by Crippen LogP contribution is 2.37. The van der Waals surface area contributed by atoms with Crippen molar-refractivity contribution in [1.29, 1.82) is 0 Å². The molecule has 0 amide bonds. The third-order valence-corrected chi connectivity index (χ3v) is 3.16. The minimum absolute atomic E-state index is 0.906. The quantitative estimate of drug-likeness (QED) is 0.528. The van der Waals surface area contributed by atoms with Crippen LogP contribution in [-0.4, -0.2) is 0 Å². The zero-order valence-corrected chi connectivity index (χ0v) is 8.06. The van der Waals surface area contributed by atoms with Gasteiger partial charge in [0.1, 0.15) is 0 Å². The Balaban J connectivity index is 2.56. The van der Waals surface area contributed by atoms with E-state index in [1.807, 2.05) is 0 Å². The summed E-state index contributed by atoms with van der Waals surface area (Å²) >= 11 is 0. The van der Waals surface area contributed by atoms with Crippen molar-refractivity contribution in [2.24, 2.45) is 11.8 Å². The molecule has 0 N–H and O–H groups in total. The van der Waals surface area contributed by atoms with Crippen LogP contribution in [0.3, 0.4) is 0 Å². The maximum Gasteiger partial charge on any atom is -0.0178 e. The minimum Gasteiger partial charge on any atom is -0.0882 e. The summed E-state index contributed by atoms with van der Waals surface area (Å²) in [6, 6.07) is 0. The molecule has 0 bridgehead atoms. The maximum atomic E-state index is 2.39. The first kappa shape index (κ1) is 8.83. The van der Waals surface area contributed by atoms with Crippen LogP contribution >= 0.6 is 0 Å². The van der Waals surface area contributed by atoms with Crippen LogP contribution in [0, 0.1) is 11.8 Å². The van der Waals surface area contributed by atoms with Gasteiger partial charge in [-0.05, 0) is 38.0 Å². The second-order valence-electron chi connectivity index (χ2n) is 3.75. The third kappa shape index (κ3) is 1.85. The fourth-order valence-electron chi connectivity index (χ4n) is 2.19. The van der Waals surface area contributed by atoms with E-state index in [0.29, 0.717) is 0 Å². The summed E-state index contributed by atoms with van der Waals surface area (Å²) in [7, 11) is 0. The molecule has 2 unspecified atom stereocenters. The highest BCUT2D eigenvalue weighted by Gasteiger charge is 2.23. The van der Waals surface area contributed by atoms with E-state index < -0.39 is 0 Å². The summed E-state index contributed by atoms with van der Waals surface area (Å²) in [5, 5.41) is 0. The van der Waals surface area contributed by atoms with Crippen molar-refractivity contribution in [2.45, 2.75) is 46.5 Å². The van der Waals surface area contributed by atoms with E-state index in [2.05, 4.69) is 26.8 Å². The second kappa shape index (κ2) is 3.94. The molecule has 0 aromatic carbocycles.